The lowest BCUT2D eigenvalue weighted by molar-refractivity contribution is -0.384. The van der Waals surface area contributed by atoms with Gasteiger partial charge in [-0.15, -0.1) is 0 Å². The minimum atomic E-state index is -4.70. The number of nitrogens with zero attached hydrogens (tertiary/aromatic N) is 4. The Balaban J connectivity index is 1.69. The SMILES string of the molecule is Cc1c(/C=N\Nc2ccc(C(F)(F)F)cc2[N+](=O)[O-])c2ccccc2n1Cc1ccccc1C#N. The van der Waals surface area contributed by atoms with Crippen LogP contribution < -0.4 is 5.43 Å². The topological polar surface area (TPSA) is 96.2 Å². The van der Waals surface area contributed by atoms with Crippen molar-refractivity contribution >= 4 is 28.5 Å². The largest absolute Gasteiger partial charge is 0.416 e. The molecule has 7 nitrogen and oxygen atoms in total. The molecular weight excluding hydrogens is 459 g/mol. The highest BCUT2D eigenvalue weighted by Gasteiger charge is 2.33. The zero-order chi connectivity index (χ0) is 25.2. The predicted octanol–water partition coefficient (Wildman–Crippen LogP) is 6.24. The molecule has 0 fully saturated rings. The van der Waals surface area contributed by atoms with Gasteiger partial charge in [-0.3, -0.25) is 15.5 Å². The first-order valence-corrected chi connectivity index (χ1v) is 10.4. The summed E-state index contributed by atoms with van der Waals surface area (Å²) in [6.45, 7) is 2.33. The van der Waals surface area contributed by atoms with Crippen molar-refractivity contribution in [3.63, 3.8) is 0 Å². The van der Waals surface area contributed by atoms with Crippen molar-refractivity contribution < 1.29 is 18.1 Å². The van der Waals surface area contributed by atoms with Crippen LogP contribution in [0.3, 0.4) is 0 Å². The summed E-state index contributed by atoms with van der Waals surface area (Å²) in [6, 6.07) is 19.3. The van der Waals surface area contributed by atoms with Crippen molar-refractivity contribution in [2.75, 3.05) is 5.43 Å². The van der Waals surface area contributed by atoms with Crippen LogP contribution in [-0.4, -0.2) is 15.7 Å². The molecule has 0 aliphatic carbocycles. The third-order valence-corrected chi connectivity index (χ3v) is 5.65. The monoisotopic (exact) mass is 477 g/mol. The number of benzene rings is 3. The summed E-state index contributed by atoms with van der Waals surface area (Å²) in [5, 5.41) is 25.7. The molecule has 0 unspecified atom stereocenters. The molecule has 0 aliphatic rings. The maximum absolute atomic E-state index is 12.9. The number of nitro benzene ring substituents is 1. The number of halogens is 3. The Morgan fingerprint density at radius 3 is 2.57 bits per heavy atom. The van der Waals surface area contributed by atoms with Crippen LogP contribution in [0, 0.1) is 28.4 Å². The van der Waals surface area contributed by atoms with Gasteiger partial charge in [-0.1, -0.05) is 36.4 Å². The average Bonchev–Trinajstić information content (AvgIpc) is 3.09. The predicted molar refractivity (Wildman–Crippen MR) is 126 cm³/mol. The van der Waals surface area contributed by atoms with E-state index in [1.54, 1.807) is 12.1 Å². The normalized spacial score (nSPS) is 11.6. The lowest BCUT2D eigenvalue weighted by Gasteiger charge is -2.10. The first-order chi connectivity index (χ1) is 16.7. The summed E-state index contributed by atoms with van der Waals surface area (Å²) in [5.41, 5.74) is 4.38. The fraction of sp³-hybridized carbons (Fsp3) is 0.120. The number of fused-ring (bicyclic) bond motifs is 1. The maximum atomic E-state index is 12.9. The van der Waals surface area contributed by atoms with Crippen molar-refractivity contribution in [1.82, 2.24) is 4.57 Å². The molecule has 0 saturated heterocycles. The molecule has 0 aliphatic heterocycles. The number of alkyl halides is 3. The van der Waals surface area contributed by atoms with E-state index in [1.807, 2.05) is 47.9 Å². The highest BCUT2D eigenvalue weighted by molar-refractivity contribution is 6.01. The van der Waals surface area contributed by atoms with Crippen molar-refractivity contribution in [2.45, 2.75) is 19.6 Å². The third kappa shape index (κ3) is 4.70. The first-order valence-electron chi connectivity index (χ1n) is 10.4. The number of rotatable bonds is 6. The second kappa shape index (κ2) is 9.30. The number of nitrogens with one attached hydrogen (secondary N) is 1. The third-order valence-electron chi connectivity index (χ3n) is 5.65. The molecule has 0 spiro atoms. The quantitative estimate of drug-likeness (QED) is 0.202. The Morgan fingerprint density at radius 2 is 1.86 bits per heavy atom. The second-order valence-corrected chi connectivity index (χ2v) is 7.73. The Labute approximate surface area is 197 Å². The van der Waals surface area contributed by atoms with E-state index in [9.17, 15) is 28.5 Å². The Bertz CT molecular complexity index is 1500. The summed E-state index contributed by atoms with van der Waals surface area (Å²) < 4.78 is 40.9. The van der Waals surface area contributed by atoms with Crippen molar-refractivity contribution in [3.05, 3.63) is 105 Å². The van der Waals surface area contributed by atoms with E-state index >= 15 is 0 Å². The molecule has 1 N–H and O–H groups in total. The van der Waals surface area contributed by atoms with Crippen LogP contribution >= 0.6 is 0 Å². The summed E-state index contributed by atoms with van der Waals surface area (Å²) >= 11 is 0. The number of aromatic nitrogens is 1. The van der Waals surface area contributed by atoms with E-state index in [4.69, 9.17) is 0 Å². The van der Waals surface area contributed by atoms with E-state index in [0.717, 1.165) is 39.9 Å². The summed E-state index contributed by atoms with van der Waals surface area (Å²) in [7, 11) is 0. The minimum Gasteiger partial charge on any atom is -0.340 e. The highest BCUT2D eigenvalue weighted by Crippen LogP contribution is 2.35. The van der Waals surface area contributed by atoms with E-state index in [2.05, 4.69) is 16.6 Å². The molecule has 0 saturated carbocycles. The average molecular weight is 477 g/mol. The van der Waals surface area contributed by atoms with Gasteiger partial charge in [-0.05, 0) is 36.8 Å². The van der Waals surface area contributed by atoms with Gasteiger partial charge in [0, 0.05) is 34.8 Å². The molecular formula is C25H18F3N5O2. The molecule has 0 radical (unpaired) electrons. The lowest BCUT2D eigenvalue weighted by Crippen LogP contribution is -2.07. The van der Waals surface area contributed by atoms with Crippen molar-refractivity contribution in [2.24, 2.45) is 5.10 Å². The van der Waals surface area contributed by atoms with Crippen LogP contribution in [0.2, 0.25) is 0 Å². The molecule has 1 heterocycles. The zero-order valence-corrected chi connectivity index (χ0v) is 18.4. The van der Waals surface area contributed by atoms with Crippen LogP contribution in [0.15, 0.2) is 71.8 Å². The highest BCUT2D eigenvalue weighted by atomic mass is 19.4. The Kier molecular flexibility index (Phi) is 6.25. The van der Waals surface area contributed by atoms with Crippen LogP contribution in [-0.2, 0) is 12.7 Å². The standard InChI is InChI=1S/C25H18F3N5O2/c1-16-21(14-30-31-22-11-10-19(25(26,27)28)12-24(22)33(34)35)20-8-4-5-9-23(20)32(16)15-18-7-3-2-6-17(18)13-29/h2-12,14,31H,15H2,1H3/b30-14-. The summed E-state index contributed by atoms with van der Waals surface area (Å²) in [5.74, 6) is 0. The molecule has 35 heavy (non-hydrogen) atoms. The Morgan fingerprint density at radius 1 is 1.14 bits per heavy atom. The zero-order valence-electron chi connectivity index (χ0n) is 18.4. The van der Waals surface area contributed by atoms with Crippen molar-refractivity contribution in [3.8, 4) is 6.07 Å². The van der Waals surface area contributed by atoms with Gasteiger partial charge < -0.3 is 4.57 Å². The smallest absolute Gasteiger partial charge is 0.340 e. The second-order valence-electron chi connectivity index (χ2n) is 7.73. The molecule has 0 amide bonds. The number of nitro groups is 1. The summed E-state index contributed by atoms with van der Waals surface area (Å²) in [6.07, 6.45) is -3.22. The first kappa shape index (κ1) is 23.5. The van der Waals surface area contributed by atoms with E-state index in [1.165, 1.54) is 6.21 Å². The van der Waals surface area contributed by atoms with Crippen LogP contribution in [0.5, 0.6) is 0 Å². The minimum absolute atomic E-state index is 0.163. The lowest BCUT2D eigenvalue weighted by atomic mass is 10.1. The molecule has 1 aromatic heterocycles. The number of hydrazone groups is 1. The number of hydrogen-bond donors (Lipinski definition) is 1. The molecule has 10 heteroatoms. The van der Waals surface area contributed by atoms with Gasteiger partial charge in [0.1, 0.15) is 5.69 Å². The molecule has 0 bridgehead atoms. The van der Waals surface area contributed by atoms with Gasteiger partial charge >= 0.3 is 6.18 Å². The fourth-order valence-corrected chi connectivity index (χ4v) is 3.88. The van der Waals surface area contributed by atoms with Crippen molar-refractivity contribution in [1.29, 1.82) is 5.26 Å². The van der Waals surface area contributed by atoms with Gasteiger partial charge in [0.2, 0.25) is 0 Å². The van der Waals surface area contributed by atoms with Crippen LogP contribution in [0.1, 0.15) is 27.9 Å². The molecule has 4 aromatic rings. The molecule has 3 aromatic carbocycles. The van der Waals surface area contributed by atoms with E-state index in [-0.39, 0.29) is 5.69 Å². The van der Waals surface area contributed by atoms with Gasteiger partial charge in [0.25, 0.3) is 5.69 Å². The van der Waals surface area contributed by atoms with Gasteiger partial charge in [-0.2, -0.15) is 23.5 Å². The van der Waals surface area contributed by atoms with E-state index in [0.29, 0.717) is 18.2 Å². The fourth-order valence-electron chi connectivity index (χ4n) is 3.88. The number of para-hydroxylation sites is 1. The number of nitriles is 1. The maximum Gasteiger partial charge on any atom is 0.416 e. The molecule has 176 valence electrons. The molecule has 0 atom stereocenters. The Hall–Kier alpha value is -4.65. The van der Waals surface area contributed by atoms with Gasteiger partial charge in [0.05, 0.1) is 28.3 Å². The van der Waals surface area contributed by atoms with Crippen LogP contribution in [0.25, 0.3) is 10.9 Å². The van der Waals surface area contributed by atoms with E-state index < -0.39 is 22.4 Å². The van der Waals surface area contributed by atoms with Gasteiger partial charge in [0.15, 0.2) is 0 Å². The number of anilines is 1. The molecule has 4 rings (SSSR count). The van der Waals surface area contributed by atoms with Gasteiger partial charge in [-0.25, -0.2) is 0 Å². The summed E-state index contributed by atoms with van der Waals surface area (Å²) in [4.78, 5) is 10.4. The van der Waals surface area contributed by atoms with Crippen LogP contribution in [0.4, 0.5) is 24.5 Å². The number of hydrogen-bond acceptors (Lipinski definition) is 5.